The maximum Gasteiger partial charge on any atom is 0.313 e. The van der Waals surface area contributed by atoms with Crippen LogP contribution in [0.25, 0.3) is 0 Å². The van der Waals surface area contributed by atoms with E-state index in [-0.39, 0.29) is 17.6 Å². The lowest BCUT2D eigenvalue weighted by Crippen LogP contribution is -2.15. The van der Waals surface area contributed by atoms with Crippen LogP contribution in [0.3, 0.4) is 0 Å². The number of carbonyl (C=O) groups is 2. The highest BCUT2D eigenvalue weighted by molar-refractivity contribution is 5.75. The van der Waals surface area contributed by atoms with E-state index in [1.54, 1.807) is 63.4 Å². The molecule has 0 aliphatic rings. The molecule has 0 aliphatic heterocycles. The molecular weight excluding hydrogens is 376 g/mol. The molecule has 2 rings (SSSR count). The molecule has 0 spiro atoms. The quantitative estimate of drug-likeness (QED) is 0.537. The van der Waals surface area contributed by atoms with Gasteiger partial charge in [-0.2, -0.15) is 0 Å². The number of aromatic hydroxyl groups is 1. The number of rotatable bonds is 6. The van der Waals surface area contributed by atoms with E-state index < -0.39 is 5.97 Å². The van der Waals surface area contributed by atoms with E-state index in [9.17, 15) is 9.59 Å². The molecule has 0 saturated carbocycles. The average Bonchev–Trinajstić information content (AvgIpc) is 2.69. The Morgan fingerprint density at radius 2 is 1.38 bits per heavy atom. The van der Waals surface area contributed by atoms with Crippen molar-refractivity contribution in [3.8, 4) is 23.0 Å². The normalized spacial score (nSPS) is 9.31. The molecule has 0 radical (unpaired) electrons. The van der Waals surface area contributed by atoms with Gasteiger partial charge in [-0.3, -0.25) is 9.59 Å². The predicted molar refractivity (Wildman–Crippen MR) is 111 cm³/mol. The van der Waals surface area contributed by atoms with Gasteiger partial charge in [0.05, 0.1) is 20.1 Å². The maximum absolute atomic E-state index is 11.3. The zero-order chi connectivity index (χ0) is 22.2. The minimum Gasteiger partial charge on any atom is -0.504 e. The lowest BCUT2D eigenvalue weighted by atomic mass is 10.2. The second-order valence-electron chi connectivity index (χ2n) is 6.04. The topological polar surface area (TPSA) is 102 Å². The first-order valence-corrected chi connectivity index (χ1v) is 9.15. The van der Waals surface area contributed by atoms with Gasteiger partial charge in [0.15, 0.2) is 23.0 Å². The fourth-order valence-electron chi connectivity index (χ4n) is 1.77. The van der Waals surface area contributed by atoms with Gasteiger partial charge in [0.25, 0.3) is 0 Å². The first-order chi connectivity index (χ1) is 13.8. The van der Waals surface area contributed by atoms with Gasteiger partial charge >= 0.3 is 11.9 Å². The minimum absolute atomic E-state index is 0.139. The Labute approximate surface area is 171 Å². The molecule has 0 atom stereocenters. The van der Waals surface area contributed by atoms with E-state index in [2.05, 4.69) is 0 Å². The van der Waals surface area contributed by atoms with Crippen molar-refractivity contribution in [1.82, 2.24) is 0 Å². The number of methoxy groups -OCH3 is 2. The van der Waals surface area contributed by atoms with E-state index in [1.807, 2.05) is 13.0 Å². The molecule has 7 heteroatoms. The Morgan fingerprint density at radius 1 is 0.897 bits per heavy atom. The second-order valence-corrected chi connectivity index (χ2v) is 6.04. The highest BCUT2D eigenvalue weighted by Crippen LogP contribution is 2.26. The van der Waals surface area contributed by atoms with Gasteiger partial charge in [0.2, 0.25) is 0 Å². The summed E-state index contributed by atoms with van der Waals surface area (Å²) in [5.41, 5.74) is 0. The van der Waals surface area contributed by atoms with Crippen molar-refractivity contribution in [3.63, 3.8) is 0 Å². The van der Waals surface area contributed by atoms with E-state index in [0.717, 1.165) is 6.42 Å². The SMILES string of the molecule is CCCC(=O)O.COc1ccccc1O.COc1ccccc1OC(=O)C(C)C. The molecule has 2 N–H and O–H groups in total. The molecule has 0 amide bonds. The third-order valence-corrected chi connectivity index (χ3v) is 3.30. The number of para-hydroxylation sites is 4. The number of benzene rings is 2. The third-order valence-electron chi connectivity index (χ3n) is 3.30. The van der Waals surface area contributed by atoms with Crippen LogP contribution >= 0.6 is 0 Å². The van der Waals surface area contributed by atoms with Gasteiger partial charge in [0, 0.05) is 6.42 Å². The molecule has 29 heavy (non-hydrogen) atoms. The van der Waals surface area contributed by atoms with Crippen LogP contribution < -0.4 is 14.2 Å². The van der Waals surface area contributed by atoms with Crippen molar-refractivity contribution in [2.75, 3.05) is 14.2 Å². The summed E-state index contributed by atoms with van der Waals surface area (Å²) in [6, 6.07) is 13.9. The molecule has 0 fully saturated rings. The van der Waals surface area contributed by atoms with E-state index in [1.165, 1.54) is 7.11 Å². The number of esters is 1. The lowest BCUT2D eigenvalue weighted by molar-refractivity contribution is -0.138. The fraction of sp³-hybridized carbons (Fsp3) is 0.364. The van der Waals surface area contributed by atoms with Crippen molar-refractivity contribution in [3.05, 3.63) is 48.5 Å². The number of hydrogen-bond acceptors (Lipinski definition) is 6. The Hall–Kier alpha value is -3.22. The molecule has 0 bridgehead atoms. The number of phenols is 1. The summed E-state index contributed by atoms with van der Waals surface area (Å²) in [5.74, 6) is 0.625. The summed E-state index contributed by atoms with van der Waals surface area (Å²) in [7, 11) is 3.07. The fourth-order valence-corrected chi connectivity index (χ4v) is 1.77. The summed E-state index contributed by atoms with van der Waals surface area (Å²) in [6.07, 6.45) is 1.02. The zero-order valence-electron chi connectivity index (χ0n) is 17.5. The van der Waals surface area contributed by atoms with Crippen LogP contribution in [0.2, 0.25) is 0 Å². The number of phenolic OH excluding ortho intramolecular Hbond substituents is 1. The summed E-state index contributed by atoms with van der Waals surface area (Å²) >= 11 is 0. The average molecular weight is 406 g/mol. The number of carboxylic acids is 1. The number of carboxylic acid groups (broad SMARTS) is 1. The Morgan fingerprint density at radius 3 is 1.72 bits per heavy atom. The van der Waals surface area contributed by atoms with Crippen molar-refractivity contribution >= 4 is 11.9 Å². The Balaban J connectivity index is 0.000000448. The molecule has 0 heterocycles. The molecule has 0 saturated heterocycles. The number of carbonyl (C=O) groups excluding carboxylic acids is 1. The predicted octanol–water partition coefficient (Wildman–Crippen LogP) is 4.53. The van der Waals surface area contributed by atoms with Crippen LogP contribution in [0.5, 0.6) is 23.0 Å². The Kier molecular flexibility index (Phi) is 13.1. The summed E-state index contributed by atoms with van der Waals surface area (Å²) in [5, 5.41) is 16.9. The van der Waals surface area contributed by atoms with Crippen molar-refractivity contribution in [2.45, 2.75) is 33.6 Å². The molecular formula is C22H30O7. The molecule has 160 valence electrons. The highest BCUT2D eigenvalue weighted by Gasteiger charge is 2.12. The first-order valence-electron chi connectivity index (χ1n) is 9.15. The summed E-state index contributed by atoms with van der Waals surface area (Å²) < 4.78 is 15.0. The molecule has 0 aromatic heterocycles. The molecule has 2 aromatic carbocycles. The van der Waals surface area contributed by atoms with Crippen molar-refractivity contribution in [1.29, 1.82) is 0 Å². The van der Waals surface area contributed by atoms with Gasteiger partial charge in [0.1, 0.15) is 0 Å². The second kappa shape index (κ2) is 14.8. The summed E-state index contributed by atoms with van der Waals surface area (Å²) in [4.78, 5) is 20.9. The smallest absolute Gasteiger partial charge is 0.313 e. The minimum atomic E-state index is -0.711. The lowest BCUT2D eigenvalue weighted by Gasteiger charge is -2.09. The van der Waals surface area contributed by atoms with Gasteiger partial charge < -0.3 is 24.4 Å². The number of hydrogen-bond donors (Lipinski definition) is 2. The Bertz CT molecular complexity index is 741. The van der Waals surface area contributed by atoms with E-state index >= 15 is 0 Å². The monoisotopic (exact) mass is 406 g/mol. The zero-order valence-corrected chi connectivity index (χ0v) is 17.5. The van der Waals surface area contributed by atoms with Gasteiger partial charge in [-0.15, -0.1) is 0 Å². The number of aliphatic carboxylic acids is 1. The van der Waals surface area contributed by atoms with E-state index in [0.29, 0.717) is 23.7 Å². The van der Waals surface area contributed by atoms with Crippen LogP contribution in [0.1, 0.15) is 33.6 Å². The highest BCUT2D eigenvalue weighted by atomic mass is 16.6. The van der Waals surface area contributed by atoms with Gasteiger partial charge in [-0.1, -0.05) is 45.0 Å². The van der Waals surface area contributed by atoms with Crippen molar-refractivity contribution in [2.24, 2.45) is 5.92 Å². The molecule has 0 unspecified atom stereocenters. The molecule has 2 aromatic rings. The standard InChI is InChI=1S/C11H14O3.C7H8O2.C4H8O2/c1-8(2)11(12)14-10-7-5-4-6-9(10)13-3;1-9-7-5-3-2-4-6(7)8;1-2-3-4(5)6/h4-8H,1-3H3;2-5,8H,1H3;2-3H2,1H3,(H,5,6). The molecule has 0 aliphatic carbocycles. The first kappa shape index (κ1) is 25.8. The number of ether oxygens (including phenoxy) is 3. The van der Waals surface area contributed by atoms with Crippen LogP contribution in [-0.4, -0.2) is 36.4 Å². The van der Waals surface area contributed by atoms with Crippen LogP contribution in [-0.2, 0) is 9.59 Å². The van der Waals surface area contributed by atoms with Gasteiger partial charge in [-0.05, 0) is 30.7 Å². The van der Waals surface area contributed by atoms with Crippen LogP contribution in [0.15, 0.2) is 48.5 Å². The largest absolute Gasteiger partial charge is 0.504 e. The van der Waals surface area contributed by atoms with Crippen LogP contribution in [0, 0.1) is 5.92 Å². The summed E-state index contributed by atoms with van der Waals surface area (Å²) in [6.45, 7) is 5.42. The van der Waals surface area contributed by atoms with Gasteiger partial charge in [-0.25, -0.2) is 0 Å². The van der Waals surface area contributed by atoms with E-state index in [4.69, 9.17) is 24.4 Å². The van der Waals surface area contributed by atoms with Crippen LogP contribution in [0.4, 0.5) is 0 Å². The van der Waals surface area contributed by atoms with Crippen molar-refractivity contribution < 1.29 is 34.0 Å². The maximum atomic E-state index is 11.3. The molecule has 7 nitrogen and oxygen atoms in total. The third kappa shape index (κ3) is 11.3.